The molecule has 1 aliphatic rings. The number of hydrogen-bond acceptors (Lipinski definition) is 2. The van der Waals surface area contributed by atoms with E-state index in [1.54, 1.807) is 0 Å². The second-order valence-corrected chi connectivity index (χ2v) is 2.88. The molecule has 53 valence electrons. The number of aromatic amines is 1. The molecule has 1 aromatic heterocycles. The van der Waals surface area contributed by atoms with Gasteiger partial charge >= 0.3 is 0 Å². The first-order valence-electron chi connectivity index (χ1n) is 3.73. The molecule has 3 nitrogen and oxygen atoms in total. The van der Waals surface area contributed by atoms with Crippen molar-refractivity contribution < 1.29 is 0 Å². The van der Waals surface area contributed by atoms with Crippen LogP contribution in [0.4, 0.5) is 0 Å². The minimum Gasteiger partial charge on any atom is -0.322 e. The molecule has 0 saturated heterocycles. The molecule has 3 heteroatoms. The molecule has 1 aromatic rings. The molecule has 0 bridgehead atoms. The average molecular weight is 136 g/mol. The lowest BCUT2D eigenvalue weighted by molar-refractivity contribution is 0.309. The molecule has 1 radical (unpaired) electrons. The number of nitrogens with zero attached hydrogens (tertiary/aromatic N) is 2. The Kier molecular flexibility index (Phi) is 1.42. The van der Waals surface area contributed by atoms with Gasteiger partial charge in [0.2, 0.25) is 0 Å². The van der Waals surface area contributed by atoms with Gasteiger partial charge in [-0.25, -0.2) is 0 Å². The monoisotopic (exact) mass is 136 g/mol. The second kappa shape index (κ2) is 2.40. The SMILES string of the molecule is [c]1nnc(CC2CCC2)[nH]1. The molecular formula is C7H10N3. The Morgan fingerprint density at radius 2 is 2.50 bits per heavy atom. The fraction of sp³-hybridized carbons (Fsp3) is 0.714. The van der Waals surface area contributed by atoms with Crippen molar-refractivity contribution in [3.8, 4) is 0 Å². The van der Waals surface area contributed by atoms with Crippen molar-refractivity contribution in [1.82, 2.24) is 15.2 Å². The van der Waals surface area contributed by atoms with Crippen LogP contribution in [0.2, 0.25) is 0 Å². The van der Waals surface area contributed by atoms with E-state index in [9.17, 15) is 0 Å². The Balaban J connectivity index is 1.90. The highest BCUT2D eigenvalue weighted by Gasteiger charge is 2.18. The molecule has 0 spiro atoms. The number of hydrogen-bond donors (Lipinski definition) is 1. The van der Waals surface area contributed by atoms with Crippen LogP contribution in [0.15, 0.2) is 0 Å². The van der Waals surface area contributed by atoms with Gasteiger partial charge in [-0.05, 0) is 5.92 Å². The summed E-state index contributed by atoms with van der Waals surface area (Å²) in [5.41, 5.74) is 0. The summed E-state index contributed by atoms with van der Waals surface area (Å²) in [7, 11) is 0. The van der Waals surface area contributed by atoms with Crippen molar-refractivity contribution in [1.29, 1.82) is 0 Å². The minimum atomic E-state index is 0.862. The molecule has 10 heavy (non-hydrogen) atoms. The van der Waals surface area contributed by atoms with Crippen LogP contribution in [0.5, 0.6) is 0 Å². The van der Waals surface area contributed by atoms with E-state index in [1.807, 2.05) is 0 Å². The minimum absolute atomic E-state index is 0.862. The molecular weight excluding hydrogens is 126 g/mol. The standard InChI is InChI=1S/C7H10N3/c1-2-6(3-1)4-7-8-5-9-10-7/h6H,1-4H2,(H,8,9,10). The zero-order chi connectivity index (χ0) is 6.81. The highest BCUT2D eigenvalue weighted by molar-refractivity contribution is 4.85. The lowest BCUT2D eigenvalue weighted by atomic mass is 9.83. The van der Waals surface area contributed by atoms with Gasteiger partial charge in [-0.15, -0.1) is 10.2 Å². The van der Waals surface area contributed by atoms with E-state index in [1.165, 1.54) is 19.3 Å². The molecule has 1 fully saturated rings. The molecule has 1 saturated carbocycles. The largest absolute Gasteiger partial charge is 0.322 e. The second-order valence-electron chi connectivity index (χ2n) is 2.88. The highest BCUT2D eigenvalue weighted by Crippen LogP contribution is 2.28. The van der Waals surface area contributed by atoms with Gasteiger partial charge in [0.15, 0.2) is 6.33 Å². The van der Waals surface area contributed by atoms with Crippen molar-refractivity contribution >= 4 is 0 Å². The first-order valence-corrected chi connectivity index (χ1v) is 3.73. The van der Waals surface area contributed by atoms with Crippen LogP contribution in [0, 0.1) is 12.2 Å². The van der Waals surface area contributed by atoms with Gasteiger partial charge < -0.3 is 4.98 Å². The Labute approximate surface area is 59.9 Å². The van der Waals surface area contributed by atoms with Gasteiger partial charge in [-0.3, -0.25) is 0 Å². The lowest BCUT2D eigenvalue weighted by Crippen LogP contribution is -2.14. The molecule has 0 aliphatic heterocycles. The number of H-pyrrole nitrogens is 1. The summed E-state index contributed by atoms with van der Waals surface area (Å²) >= 11 is 0. The van der Waals surface area contributed by atoms with Crippen molar-refractivity contribution in [2.24, 2.45) is 5.92 Å². The molecule has 0 amide bonds. The number of rotatable bonds is 2. The quantitative estimate of drug-likeness (QED) is 0.657. The van der Waals surface area contributed by atoms with Crippen LogP contribution >= 0.6 is 0 Å². The van der Waals surface area contributed by atoms with E-state index in [0.29, 0.717) is 0 Å². The summed E-state index contributed by atoms with van der Waals surface area (Å²) in [5, 5.41) is 7.48. The first-order chi connectivity index (χ1) is 4.95. The Morgan fingerprint density at radius 3 is 3.00 bits per heavy atom. The van der Waals surface area contributed by atoms with Crippen LogP contribution < -0.4 is 0 Å². The molecule has 0 unspecified atom stereocenters. The van der Waals surface area contributed by atoms with Crippen molar-refractivity contribution in [2.45, 2.75) is 25.7 Å². The van der Waals surface area contributed by atoms with E-state index >= 15 is 0 Å². The Bertz CT molecular complexity index is 189. The van der Waals surface area contributed by atoms with Gasteiger partial charge in [0, 0.05) is 6.42 Å². The molecule has 1 N–H and O–H groups in total. The van der Waals surface area contributed by atoms with Crippen LogP contribution in [-0.4, -0.2) is 15.2 Å². The topological polar surface area (TPSA) is 41.6 Å². The average Bonchev–Trinajstić information content (AvgIpc) is 2.29. The maximum atomic E-state index is 3.88. The van der Waals surface area contributed by atoms with Gasteiger partial charge in [0.1, 0.15) is 5.82 Å². The maximum absolute atomic E-state index is 3.88. The molecule has 1 aliphatic carbocycles. The number of aromatic nitrogens is 3. The van der Waals surface area contributed by atoms with Gasteiger partial charge in [0.05, 0.1) is 0 Å². The van der Waals surface area contributed by atoms with Crippen LogP contribution in [0.1, 0.15) is 25.1 Å². The van der Waals surface area contributed by atoms with Gasteiger partial charge in [-0.2, -0.15) is 0 Å². The zero-order valence-corrected chi connectivity index (χ0v) is 5.80. The van der Waals surface area contributed by atoms with E-state index in [2.05, 4.69) is 21.5 Å². The fourth-order valence-corrected chi connectivity index (χ4v) is 1.26. The van der Waals surface area contributed by atoms with Crippen molar-refractivity contribution in [2.75, 3.05) is 0 Å². The maximum Gasteiger partial charge on any atom is 0.199 e. The zero-order valence-electron chi connectivity index (χ0n) is 5.80. The third kappa shape index (κ3) is 1.03. The normalized spacial score (nSPS) is 18.8. The molecule has 2 rings (SSSR count). The van der Waals surface area contributed by atoms with E-state index in [0.717, 1.165) is 18.2 Å². The van der Waals surface area contributed by atoms with Crippen molar-refractivity contribution in [3.05, 3.63) is 12.2 Å². The van der Waals surface area contributed by atoms with E-state index in [4.69, 9.17) is 0 Å². The summed E-state index contributed by atoms with van der Waals surface area (Å²) in [4.78, 5) is 2.89. The van der Waals surface area contributed by atoms with Crippen LogP contribution in [0.3, 0.4) is 0 Å². The lowest BCUT2D eigenvalue weighted by Gasteiger charge is -2.23. The predicted octanol–water partition coefficient (Wildman–Crippen LogP) is 0.947. The third-order valence-corrected chi connectivity index (χ3v) is 2.13. The summed E-state index contributed by atoms with van der Waals surface area (Å²) in [6.07, 6.45) is 7.78. The van der Waals surface area contributed by atoms with E-state index < -0.39 is 0 Å². The number of nitrogens with one attached hydrogen (secondary N) is 1. The molecule has 1 heterocycles. The first kappa shape index (κ1) is 5.89. The highest BCUT2D eigenvalue weighted by atomic mass is 15.2. The fourth-order valence-electron chi connectivity index (χ4n) is 1.26. The third-order valence-electron chi connectivity index (χ3n) is 2.13. The van der Waals surface area contributed by atoms with Crippen molar-refractivity contribution in [3.63, 3.8) is 0 Å². The summed E-state index contributed by atoms with van der Waals surface area (Å²) in [5.74, 6) is 1.85. The Hall–Kier alpha value is -0.860. The summed E-state index contributed by atoms with van der Waals surface area (Å²) < 4.78 is 0. The summed E-state index contributed by atoms with van der Waals surface area (Å²) in [6, 6.07) is 0. The summed E-state index contributed by atoms with van der Waals surface area (Å²) in [6.45, 7) is 0. The molecule has 0 aromatic carbocycles. The molecule has 0 atom stereocenters. The van der Waals surface area contributed by atoms with E-state index in [-0.39, 0.29) is 0 Å². The van der Waals surface area contributed by atoms with Crippen LogP contribution in [-0.2, 0) is 6.42 Å². The Morgan fingerprint density at radius 1 is 1.60 bits per heavy atom. The van der Waals surface area contributed by atoms with Gasteiger partial charge in [-0.1, -0.05) is 19.3 Å². The predicted molar refractivity (Wildman–Crippen MR) is 36.3 cm³/mol. The van der Waals surface area contributed by atoms with Crippen LogP contribution in [0.25, 0.3) is 0 Å². The smallest absolute Gasteiger partial charge is 0.199 e. The van der Waals surface area contributed by atoms with Gasteiger partial charge in [0.25, 0.3) is 0 Å².